The van der Waals surface area contributed by atoms with Gasteiger partial charge in [0, 0.05) is 6.42 Å². The van der Waals surface area contributed by atoms with Crippen molar-refractivity contribution in [2.24, 2.45) is 0 Å². The molecule has 3 aliphatic heterocycles. The summed E-state index contributed by atoms with van der Waals surface area (Å²) in [6, 6.07) is 0.291. The van der Waals surface area contributed by atoms with E-state index in [1.165, 1.54) is 44.1 Å². The summed E-state index contributed by atoms with van der Waals surface area (Å²) < 4.78 is 5.49. The molecule has 3 heterocycles. The van der Waals surface area contributed by atoms with E-state index in [0.717, 1.165) is 43.2 Å². The van der Waals surface area contributed by atoms with Crippen molar-refractivity contribution in [2.45, 2.75) is 61.5 Å². The molecule has 4 aliphatic rings. The van der Waals surface area contributed by atoms with Gasteiger partial charge >= 0.3 is 5.97 Å². The number of thioether (sulfide) groups is 2. The van der Waals surface area contributed by atoms with Crippen LogP contribution in [0.5, 0.6) is 0 Å². The number of rotatable bonds is 1. The summed E-state index contributed by atoms with van der Waals surface area (Å²) in [7, 11) is 0. The molecule has 0 bridgehead atoms. The van der Waals surface area contributed by atoms with Crippen LogP contribution >= 0.6 is 23.5 Å². The van der Waals surface area contributed by atoms with Crippen molar-refractivity contribution in [3.05, 3.63) is 11.3 Å². The molecule has 22 heavy (non-hydrogen) atoms. The van der Waals surface area contributed by atoms with Crippen LogP contribution in [-0.4, -0.2) is 45.6 Å². The summed E-state index contributed by atoms with van der Waals surface area (Å²) in [5, 5.41) is 0. The maximum atomic E-state index is 13.0. The third-order valence-corrected chi connectivity index (χ3v) is 8.66. The molecule has 4 rings (SSSR count). The predicted molar refractivity (Wildman–Crippen MR) is 93.1 cm³/mol. The molecule has 122 valence electrons. The van der Waals surface area contributed by atoms with E-state index in [4.69, 9.17) is 4.74 Å². The summed E-state index contributed by atoms with van der Waals surface area (Å²) in [5.41, 5.74) is 1.47. The molecule has 0 saturated carbocycles. The summed E-state index contributed by atoms with van der Waals surface area (Å²) >= 11 is 3.73. The average molecular weight is 340 g/mol. The van der Waals surface area contributed by atoms with Crippen molar-refractivity contribution in [3.63, 3.8) is 0 Å². The molecule has 2 fully saturated rings. The van der Waals surface area contributed by atoms with Gasteiger partial charge in [0.05, 0.1) is 6.04 Å². The van der Waals surface area contributed by atoms with Crippen molar-refractivity contribution >= 4 is 29.5 Å². The maximum Gasteiger partial charge on any atom is 0.339 e. The quantitative estimate of drug-likeness (QED) is 0.678. The number of carbonyl (C=O) groups excluding carboxylic acids is 1. The van der Waals surface area contributed by atoms with Gasteiger partial charge in [-0.05, 0) is 68.7 Å². The Kier molecular flexibility index (Phi) is 4.48. The first kappa shape index (κ1) is 15.4. The van der Waals surface area contributed by atoms with Crippen LogP contribution in [0.15, 0.2) is 11.3 Å². The van der Waals surface area contributed by atoms with Crippen molar-refractivity contribution in [1.82, 2.24) is 4.90 Å². The number of piperidine rings is 1. The SMILES string of the molecule is O=C1OC2=C(CCCC2)C(N2CCCCC2)C12SCCCS2. The maximum absolute atomic E-state index is 13.0. The van der Waals surface area contributed by atoms with Crippen molar-refractivity contribution in [1.29, 1.82) is 0 Å². The molecule has 0 radical (unpaired) electrons. The molecule has 3 nitrogen and oxygen atoms in total. The molecule has 0 aromatic rings. The summed E-state index contributed by atoms with van der Waals surface area (Å²) in [4.78, 5) is 15.6. The minimum atomic E-state index is -0.383. The molecule has 1 atom stereocenters. The van der Waals surface area contributed by atoms with E-state index in [1.54, 1.807) is 0 Å². The summed E-state index contributed by atoms with van der Waals surface area (Å²) in [5.74, 6) is 3.26. The van der Waals surface area contributed by atoms with Gasteiger partial charge in [0.2, 0.25) is 0 Å². The van der Waals surface area contributed by atoms with Crippen LogP contribution in [0.1, 0.15) is 51.4 Å². The molecule has 5 heteroatoms. The zero-order chi connectivity index (χ0) is 15.0. The normalized spacial score (nSPS) is 32.7. The van der Waals surface area contributed by atoms with E-state index in [0.29, 0.717) is 6.04 Å². The highest BCUT2D eigenvalue weighted by Crippen LogP contribution is 2.54. The fraction of sp³-hybridized carbons (Fsp3) is 0.824. The van der Waals surface area contributed by atoms with Gasteiger partial charge in [-0.15, -0.1) is 23.5 Å². The first-order valence-electron chi connectivity index (χ1n) is 8.77. The van der Waals surface area contributed by atoms with Gasteiger partial charge in [-0.2, -0.15) is 0 Å². The first-order chi connectivity index (χ1) is 10.8. The van der Waals surface area contributed by atoms with Crippen LogP contribution in [0.4, 0.5) is 0 Å². The van der Waals surface area contributed by atoms with Crippen molar-refractivity contribution in [3.8, 4) is 0 Å². The second-order valence-electron chi connectivity index (χ2n) is 6.76. The van der Waals surface area contributed by atoms with Gasteiger partial charge in [-0.1, -0.05) is 6.42 Å². The molecule has 1 unspecified atom stereocenters. The van der Waals surface area contributed by atoms with Gasteiger partial charge in [0.25, 0.3) is 0 Å². The Hall–Kier alpha value is -0.130. The van der Waals surface area contributed by atoms with E-state index in [2.05, 4.69) is 4.90 Å². The Morgan fingerprint density at radius 3 is 2.45 bits per heavy atom. The van der Waals surface area contributed by atoms with Crippen LogP contribution in [0, 0.1) is 0 Å². The van der Waals surface area contributed by atoms with E-state index in [1.807, 2.05) is 23.5 Å². The third kappa shape index (κ3) is 2.53. The lowest BCUT2D eigenvalue weighted by Crippen LogP contribution is -2.59. The average Bonchev–Trinajstić information content (AvgIpc) is 2.58. The fourth-order valence-electron chi connectivity index (χ4n) is 4.29. The topological polar surface area (TPSA) is 29.5 Å². The molecule has 2 saturated heterocycles. The largest absolute Gasteiger partial charge is 0.429 e. The van der Waals surface area contributed by atoms with E-state index >= 15 is 0 Å². The Labute approximate surface area is 141 Å². The predicted octanol–water partition coefficient (Wildman–Crippen LogP) is 3.79. The molecule has 1 spiro atoms. The van der Waals surface area contributed by atoms with Crippen molar-refractivity contribution in [2.75, 3.05) is 24.6 Å². The van der Waals surface area contributed by atoms with E-state index < -0.39 is 0 Å². The zero-order valence-corrected chi connectivity index (χ0v) is 14.8. The monoisotopic (exact) mass is 339 g/mol. The Bertz CT molecular complexity index is 479. The van der Waals surface area contributed by atoms with Crippen LogP contribution in [0.25, 0.3) is 0 Å². The number of nitrogens with zero attached hydrogens (tertiary/aromatic N) is 1. The minimum absolute atomic E-state index is 0.0402. The third-order valence-electron chi connectivity index (χ3n) is 5.33. The lowest BCUT2D eigenvalue weighted by atomic mass is 9.86. The van der Waals surface area contributed by atoms with Crippen molar-refractivity contribution < 1.29 is 9.53 Å². The van der Waals surface area contributed by atoms with Gasteiger partial charge in [0.1, 0.15) is 5.76 Å². The second kappa shape index (κ2) is 6.40. The molecule has 0 N–H and O–H groups in total. The Morgan fingerprint density at radius 2 is 1.68 bits per heavy atom. The molecular formula is C17H25NO2S2. The van der Waals surface area contributed by atoms with Gasteiger partial charge in [-0.25, -0.2) is 4.79 Å². The Balaban J connectivity index is 1.75. The highest BCUT2D eigenvalue weighted by Gasteiger charge is 2.56. The Morgan fingerprint density at radius 1 is 0.955 bits per heavy atom. The van der Waals surface area contributed by atoms with Crippen LogP contribution in [0.3, 0.4) is 0 Å². The first-order valence-corrected chi connectivity index (χ1v) is 10.7. The number of likely N-dealkylation sites (tertiary alicyclic amines) is 1. The number of carbonyl (C=O) groups is 1. The van der Waals surface area contributed by atoms with Crippen LogP contribution in [0.2, 0.25) is 0 Å². The standard InChI is InChI=1S/C17H25NO2S2/c19-16-17(21-11-6-12-22-17)15(18-9-4-1-5-10-18)13-7-2-3-8-14(13)20-16/h15H,1-12H2. The van der Waals surface area contributed by atoms with E-state index in [9.17, 15) is 4.79 Å². The molecule has 0 amide bonds. The van der Waals surface area contributed by atoms with E-state index in [-0.39, 0.29) is 10.0 Å². The lowest BCUT2D eigenvalue weighted by molar-refractivity contribution is -0.143. The highest BCUT2D eigenvalue weighted by molar-refractivity contribution is 8.20. The van der Waals surface area contributed by atoms with Crippen LogP contribution in [-0.2, 0) is 9.53 Å². The smallest absolute Gasteiger partial charge is 0.339 e. The highest BCUT2D eigenvalue weighted by atomic mass is 32.2. The number of ether oxygens (including phenoxy) is 1. The number of allylic oxidation sites excluding steroid dienone is 1. The lowest BCUT2D eigenvalue weighted by Gasteiger charge is -2.50. The minimum Gasteiger partial charge on any atom is -0.429 e. The fourth-order valence-corrected chi connectivity index (χ4v) is 7.71. The van der Waals surface area contributed by atoms with Gasteiger partial charge in [0.15, 0.2) is 4.08 Å². The molecule has 1 aliphatic carbocycles. The second-order valence-corrected chi connectivity index (χ2v) is 9.70. The molecule has 0 aromatic carbocycles. The van der Waals surface area contributed by atoms with Gasteiger partial charge in [-0.3, -0.25) is 4.90 Å². The van der Waals surface area contributed by atoms with Gasteiger partial charge < -0.3 is 4.74 Å². The molecule has 0 aromatic heterocycles. The van der Waals surface area contributed by atoms with Crippen LogP contribution < -0.4 is 0 Å². The molecular weight excluding hydrogens is 314 g/mol. The summed E-state index contributed by atoms with van der Waals surface area (Å²) in [6.07, 6.45) is 9.64. The number of hydrogen-bond donors (Lipinski definition) is 0. The number of esters is 1. The number of hydrogen-bond acceptors (Lipinski definition) is 5. The zero-order valence-electron chi connectivity index (χ0n) is 13.1. The summed E-state index contributed by atoms with van der Waals surface area (Å²) in [6.45, 7) is 2.30.